The fourth-order valence-electron chi connectivity index (χ4n) is 3.12. The first-order chi connectivity index (χ1) is 12.9. The van der Waals surface area contributed by atoms with Crippen LogP contribution < -0.4 is 16.0 Å². The molecule has 0 aliphatic rings. The normalized spacial score (nSPS) is 11.1. The van der Waals surface area contributed by atoms with Crippen molar-refractivity contribution in [3.8, 4) is 0 Å². The molecule has 2 aromatic rings. The molecule has 0 unspecified atom stereocenters. The maximum atomic E-state index is 6.54. The van der Waals surface area contributed by atoms with Crippen molar-refractivity contribution in [2.24, 2.45) is 0 Å². The van der Waals surface area contributed by atoms with E-state index in [4.69, 9.17) is 5.73 Å². The molecule has 0 spiro atoms. The third-order valence-corrected chi connectivity index (χ3v) is 5.59. The van der Waals surface area contributed by atoms with E-state index in [9.17, 15) is 0 Å². The van der Waals surface area contributed by atoms with Gasteiger partial charge in [0.25, 0.3) is 0 Å². The van der Waals surface area contributed by atoms with E-state index in [1.165, 1.54) is 16.9 Å². The minimum Gasteiger partial charge on any atom is -0.394 e. The van der Waals surface area contributed by atoms with Gasteiger partial charge in [-0.25, -0.2) is 4.98 Å². The quantitative estimate of drug-likeness (QED) is 0.503. The predicted octanol–water partition coefficient (Wildman–Crippen LogP) is 6.19. The zero-order chi connectivity index (χ0) is 20.0. The van der Waals surface area contributed by atoms with Gasteiger partial charge >= 0.3 is 0 Å². The number of hydrogen-bond acceptors (Lipinski definition) is 5. The number of pyridine rings is 1. The van der Waals surface area contributed by atoms with E-state index in [2.05, 4.69) is 73.4 Å². The molecule has 0 fully saturated rings. The molecular weight excluding hydrogens is 352 g/mol. The number of unbranched alkanes of at least 4 members (excludes halogenated alkanes) is 1. The summed E-state index contributed by atoms with van der Waals surface area (Å²) in [7, 11) is 0. The molecule has 0 aliphatic carbocycles. The summed E-state index contributed by atoms with van der Waals surface area (Å²) in [6, 6.07) is 8.67. The van der Waals surface area contributed by atoms with Crippen LogP contribution in [0.2, 0.25) is 0 Å². The minimum atomic E-state index is 0.510. The summed E-state index contributed by atoms with van der Waals surface area (Å²) in [6.07, 6.45) is 4.43. The SMILES string of the molecule is CCCCN(CC)c1cc(C)nc(Nc2ccc(C(C)C)cc2SC)c1N. The molecule has 3 N–H and O–H groups in total. The molecule has 2 rings (SSSR count). The molecule has 0 saturated heterocycles. The van der Waals surface area contributed by atoms with Crippen molar-refractivity contribution in [2.75, 3.05) is 35.3 Å². The highest BCUT2D eigenvalue weighted by molar-refractivity contribution is 7.98. The zero-order valence-corrected chi connectivity index (χ0v) is 18.4. The molecule has 0 bridgehead atoms. The molecular formula is C22H34N4S. The lowest BCUT2D eigenvalue weighted by Crippen LogP contribution is -2.25. The third-order valence-electron chi connectivity index (χ3n) is 4.81. The first kappa shape index (κ1) is 21.4. The van der Waals surface area contributed by atoms with Crippen molar-refractivity contribution in [2.45, 2.75) is 58.3 Å². The summed E-state index contributed by atoms with van der Waals surface area (Å²) in [6.45, 7) is 12.8. The molecule has 0 atom stereocenters. The van der Waals surface area contributed by atoms with Gasteiger partial charge in [-0.15, -0.1) is 11.8 Å². The van der Waals surface area contributed by atoms with E-state index in [1.807, 2.05) is 6.92 Å². The van der Waals surface area contributed by atoms with Crippen LogP contribution in [-0.2, 0) is 0 Å². The molecule has 1 aromatic carbocycles. The maximum absolute atomic E-state index is 6.54. The Bertz CT molecular complexity index is 758. The van der Waals surface area contributed by atoms with Crippen molar-refractivity contribution in [3.63, 3.8) is 0 Å². The summed E-state index contributed by atoms with van der Waals surface area (Å²) < 4.78 is 0. The van der Waals surface area contributed by atoms with Crippen LogP contribution in [-0.4, -0.2) is 24.3 Å². The number of nitrogens with one attached hydrogen (secondary N) is 1. The topological polar surface area (TPSA) is 54.2 Å². The van der Waals surface area contributed by atoms with E-state index in [-0.39, 0.29) is 0 Å². The summed E-state index contributed by atoms with van der Waals surface area (Å²) >= 11 is 1.74. The fraction of sp³-hybridized carbons (Fsp3) is 0.500. The Morgan fingerprint density at radius 3 is 2.56 bits per heavy atom. The number of thioether (sulfide) groups is 1. The molecule has 1 aromatic heterocycles. The van der Waals surface area contributed by atoms with Crippen LogP contribution in [0.3, 0.4) is 0 Å². The number of hydrogen-bond donors (Lipinski definition) is 2. The van der Waals surface area contributed by atoms with E-state index < -0.39 is 0 Å². The maximum Gasteiger partial charge on any atom is 0.156 e. The molecule has 0 aliphatic heterocycles. The monoisotopic (exact) mass is 386 g/mol. The second-order valence-corrected chi connectivity index (χ2v) is 8.07. The van der Waals surface area contributed by atoms with Crippen LogP contribution in [0.25, 0.3) is 0 Å². The van der Waals surface area contributed by atoms with Crippen molar-refractivity contribution in [1.29, 1.82) is 0 Å². The number of benzene rings is 1. The van der Waals surface area contributed by atoms with E-state index >= 15 is 0 Å². The fourth-order valence-corrected chi connectivity index (χ4v) is 3.71. The van der Waals surface area contributed by atoms with Gasteiger partial charge in [0, 0.05) is 23.7 Å². The van der Waals surface area contributed by atoms with Crippen molar-refractivity contribution in [1.82, 2.24) is 4.98 Å². The van der Waals surface area contributed by atoms with Crippen LogP contribution in [0, 0.1) is 6.92 Å². The third kappa shape index (κ3) is 5.32. The smallest absolute Gasteiger partial charge is 0.156 e. The Labute approximate surface area is 168 Å². The van der Waals surface area contributed by atoms with Crippen LogP contribution in [0.4, 0.5) is 22.9 Å². The van der Waals surface area contributed by atoms with Gasteiger partial charge in [0.05, 0.1) is 17.1 Å². The predicted molar refractivity (Wildman–Crippen MR) is 122 cm³/mol. The van der Waals surface area contributed by atoms with Gasteiger partial charge in [-0.1, -0.05) is 33.3 Å². The number of aromatic nitrogens is 1. The molecule has 0 saturated carbocycles. The highest BCUT2D eigenvalue weighted by atomic mass is 32.2. The van der Waals surface area contributed by atoms with Crippen molar-refractivity contribution >= 4 is 34.6 Å². The highest BCUT2D eigenvalue weighted by Crippen LogP contribution is 2.36. The number of rotatable bonds is 9. The Kier molecular flexibility index (Phi) is 7.84. The largest absolute Gasteiger partial charge is 0.394 e. The second kappa shape index (κ2) is 9.88. The number of nitrogens with two attached hydrogens (primary N) is 1. The summed E-state index contributed by atoms with van der Waals surface area (Å²) in [5.41, 5.74) is 11.7. The first-order valence-electron chi connectivity index (χ1n) is 9.88. The molecule has 5 heteroatoms. The van der Waals surface area contributed by atoms with Gasteiger partial charge in [-0.2, -0.15) is 0 Å². The zero-order valence-electron chi connectivity index (χ0n) is 17.6. The Hall–Kier alpha value is -1.88. The van der Waals surface area contributed by atoms with Gasteiger partial charge in [-0.3, -0.25) is 0 Å². The van der Waals surface area contributed by atoms with Crippen molar-refractivity contribution in [3.05, 3.63) is 35.5 Å². The van der Waals surface area contributed by atoms with Crippen LogP contribution in [0.5, 0.6) is 0 Å². The van der Waals surface area contributed by atoms with Gasteiger partial charge < -0.3 is 16.0 Å². The van der Waals surface area contributed by atoms with Crippen LogP contribution in [0.15, 0.2) is 29.2 Å². The lowest BCUT2D eigenvalue weighted by molar-refractivity contribution is 0.732. The lowest BCUT2D eigenvalue weighted by atomic mass is 10.0. The number of nitrogen functional groups attached to an aromatic ring is 1. The molecule has 27 heavy (non-hydrogen) atoms. The Morgan fingerprint density at radius 1 is 1.22 bits per heavy atom. The standard InChI is InChI=1S/C22H34N4S/c1-7-9-12-26(8-2)19-13-16(5)24-22(21(19)23)25-18-11-10-17(15(3)4)14-20(18)27-6/h10-11,13-15H,7-9,12,23H2,1-6H3,(H,24,25). The summed E-state index contributed by atoms with van der Waals surface area (Å²) in [4.78, 5) is 8.24. The van der Waals surface area contributed by atoms with Crippen molar-refractivity contribution < 1.29 is 0 Å². The van der Waals surface area contributed by atoms with E-state index in [0.29, 0.717) is 5.92 Å². The first-order valence-corrected chi connectivity index (χ1v) is 11.1. The lowest BCUT2D eigenvalue weighted by Gasteiger charge is -2.26. The highest BCUT2D eigenvalue weighted by Gasteiger charge is 2.15. The van der Waals surface area contributed by atoms with Gasteiger partial charge in [0.1, 0.15) is 0 Å². The van der Waals surface area contributed by atoms with Crippen LogP contribution >= 0.6 is 11.8 Å². The summed E-state index contributed by atoms with van der Waals surface area (Å²) in [5, 5.41) is 3.49. The van der Waals surface area contributed by atoms with Gasteiger partial charge in [0.15, 0.2) is 5.82 Å². The van der Waals surface area contributed by atoms with E-state index in [0.717, 1.165) is 48.1 Å². The van der Waals surface area contributed by atoms with Gasteiger partial charge in [0.2, 0.25) is 0 Å². The van der Waals surface area contributed by atoms with Gasteiger partial charge in [-0.05, 0) is 56.2 Å². The minimum absolute atomic E-state index is 0.510. The molecule has 0 radical (unpaired) electrons. The molecule has 4 nitrogen and oxygen atoms in total. The number of aryl methyl sites for hydroxylation is 1. The summed E-state index contributed by atoms with van der Waals surface area (Å²) in [5.74, 6) is 1.25. The molecule has 148 valence electrons. The Balaban J connectivity index is 2.39. The number of anilines is 4. The average molecular weight is 387 g/mol. The Morgan fingerprint density at radius 2 is 1.96 bits per heavy atom. The average Bonchev–Trinajstić information content (AvgIpc) is 2.65. The van der Waals surface area contributed by atoms with E-state index in [1.54, 1.807) is 11.8 Å². The molecule has 0 amide bonds. The van der Waals surface area contributed by atoms with Crippen LogP contribution in [0.1, 0.15) is 57.7 Å². The number of nitrogens with zero attached hydrogens (tertiary/aromatic N) is 2. The second-order valence-electron chi connectivity index (χ2n) is 7.22. The molecule has 1 heterocycles.